The van der Waals surface area contributed by atoms with Crippen molar-refractivity contribution in [3.63, 3.8) is 0 Å². The third kappa shape index (κ3) is 8.29. The lowest BCUT2D eigenvalue weighted by atomic mass is 9.97. The molecule has 0 fully saturated rings. The normalized spacial score (nSPS) is 14.8. The number of aromatic amines is 1. The second-order valence-corrected chi connectivity index (χ2v) is 10.1. The highest BCUT2D eigenvalue weighted by Crippen LogP contribution is 2.19. The van der Waals surface area contributed by atoms with Crippen molar-refractivity contribution in [2.45, 2.75) is 57.3 Å². The molecular weight excluding hydrogens is 530 g/mol. The fourth-order valence-corrected chi connectivity index (χ4v) is 4.39. The number of aromatic nitrogens is 1. The number of amides is 3. The van der Waals surface area contributed by atoms with Gasteiger partial charge in [0.2, 0.25) is 17.7 Å². The average molecular weight is 568 g/mol. The summed E-state index contributed by atoms with van der Waals surface area (Å²) in [5.41, 5.74) is 8.39. The van der Waals surface area contributed by atoms with E-state index in [1.807, 2.05) is 24.3 Å². The van der Waals surface area contributed by atoms with E-state index in [0.29, 0.717) is 12.0 Å². The van der Waals surface area contributed by atoms with E-state index in [2.05, 4.69) is 20.9 Å². The highest BCUT2D eigenvalue weighted by Gasteiger charge is 2.32. The standard InChI is InChI=1S/C29H37N5O7/c1-3-16(2)25(28(39)32-23(29(40)41)12-17-8-10-19(36)11-9-17)34-27(38)24(15-35)33-26(37)21(30)13-18-14-31-22-7-5-4-6-20(18)22/h4-11,14,16,21,23-25,31,35-36H,3,12-13,15,30H2,1-2H3,(H,32,39)(H,33,37)(H,34,38)(H,40,41). The van der Waals surface area contributed by atoms with Gasteiger partial charge in [-0.2, -0.15) is 0 Å². The van der Waals surface area contributed by atoms with Gasteiger partial charge in [0.1, 0.15) is 23.9 Å². The lowest BCUT2D eigenvalue weighted by Gasteiger charge is -2.27. The molecule has 41 heavy (non-hydrogen) atoms. The van der Waals surface area contributed by atoms with Gasteiger partial charge in [-0.15, -0.1) is 0 Å². The van der Waals surface area contributed by atoms with Crippen LogP contribution in [0.15, 0.2) is 54.7 Å². The summed E-state index contributed by atoms with van der Waals surface area (Å²) < 4.78 is 0. The number of nitrogens with one attached hydrogen (secondary N) is 4. The largest absolute Gasteiger partial charge is 0.508 e. The first-order valence-electron chi connectivity index (χ1n) is 13.4. The molecule has 0 radical (unpaired) electrons. The number of carbonyl (C=O) groups excluding carboxylic acids is 3. The van der Waals surface area contributed by atoms with Crippen LogP contribution in [-0.4, -0.2) is 74.8 Å². The molecule has 1 aromatic heterocycles. The Kier molecular flexibility index (Phi) is 10.8. The Morgan fingerprint density at radius 2 is 1.56 bits per heavy atom. The van der Waals surface area contributed by atoms with Gasteiger partial charge in [0.25, 0.3) is 0 Å². The number of hydrogen-bond acceptors (Lipinski definition) is 7. The maximum Gasteiger partial charge on any atom is 0.326 e. The number of aliphatic carboxylic acids is 1. The molecule has 0 aliphatic carbocycles. The SMILES string of the molecule is CCC(C)C(NC(=O)C(CO)NC(=O)C(N)Cc1c[nH]c2ccccc12)C(=O)NC(Cc1ccc(O)cc1)C(=O)O. The number of rotatable bonds is 14. The molecule has 0 aliphatic rings. The van der Waals surface area contributed by atoms with Gasteiger partial charge in [0.05, 0.1) is 12.6 Å². The van der Waals surface area contributed by atoms with Crippen LogP contribution < -0.4 is 21.7 Å². The third-order valence-electron chi connectivity index (χ3n) is 7.05. The Labute approximate surface area is 237 Å². The number of benzene rings is 2. The summed E-state index contributed by atoms with van der Waals surface area (Å²) in [6.07, 6.45) is 2.37. The van der Waals surface area contributed by atoms with E-state index in [9.17, 15) is 34.5 Å². The van der Waals surface area contributed by atoms with Crippen LogP contribution >= 0.6 is 0 Å². The first-order chi connectivity index (χ1) is 19.5. The predicted octanol–water partition coefficient (Wildman–Crippen LogP) is 0.563. The van der Waals surface area contributed by atoms with E-state index in [1.165, 1.54) is 12.1 Å². The van der Waals surface area contributed by atoms with Gasteiger partial charge < -0.3 is 42.0 Å². The number of hydrogen-bond donors (Lipinski definition) is 8. The Morgan fingerprint density at radius 1 is 0.902 bits per heavy atom. The van der Waals surface area contributed by atoms with Gasteiger partial charge in [-0.05, 0) is 41.7 Å². The number of aromatic hydroxyl groups is 1. The van der Waals surface area contributed by atoms with Gasteiger partial charge in [-0.3, -0.25) is 14.4 Å². The van der Waals surface area contributed by atoms with Gasteiger partial charge in [0, 0.05) is 23.5 Å². The van der Waals surface area contributed by atoms with E-state index in [0.717, 1.165) is 16.5 Å². The van der Waals surface area contributed by atoms with E-state index < -0.39 is 60.4 Å². The fraction of sp³-hybridized carbons (Fsp3) is 0.379. The Bertz CT molecular complexity index is 1360. The Balaban J connectivity index is 1.65. The minimum Gasteiger partial charge on any atom is -0.508 e. The fourth-order valence-electron chi connectivity index (χ4n) is 4.39. The van der Waals surface area contributed by atoms with Crippen LogP contribution in [0.5, 0.6) is 5.75 Å². The summed E-state index contributed by atoms with van der Waals surface area (Å²) in [5, 5.41) is 37.4. The molecule has 0 bridgehead atoms. The summed E-state index contributed by atoms with van der Waals surface area (Å²) in [6, 6.07) is 8.61. The van der Waals surface area contributed by atoms with E-state index in [1.54, 1.807) is 32.2 Å². The number of aliphatic hydroxyl groups is 1. The van der Waals surface area contributed by atoms with Crippen molar-refractivity contribution >= 4 is 34.6 Å². The van der Waals surface area contributed by atoms with Crippen molar-refractivity contribution in [2.24, 2.45) is 11.7 Å². The molecule has 0 aliphatic heterocycles. The molecular formula is C29H37N5O7. The predicted molar refractivity (Wildman–Crippen MR) is 152 cm³/mol. The maximum atomic E-state index is 13.2. The average Bonchev–Trinajstić information content (AvgIpc) is 3.37. The number of nitrogens with two attached hydrogens (primary N) is 1. The molecule has 12 heteroatoms. The lowest BCUT2D eigenvalue weighted by molar-refractivity contribution is -0.142. The molecule has 1 heterocycles. The van der Waals surface area contributed by atoms with Gasteiger partial charge in [0.15, 0.2) is 0 Å². The van der Waals surface area contributed by atoms with Crippen LogP contribution in [0.4, 0.5) is 0 Å². The van der Waals surface area contributed by atoms with Crippen molar-refractivity contribution in [3.8, 4) is 5.75 Å². The molecule has 5 unspecified atom stereocenters. The molecule has 220 valence electrons. The van der Waals surface area contributed by atoms with E-state index >= 15 is 0 Å². The topological polar surface area (TPSA) is 207 Å². The molecule has 0 spiro atoms. The molecule has 0 saturated carbocycles. The summed E-state index contributed by atoms with van der Waals surface area (Å²) >= 11 is 0. The zero-order chi connectivity index (χ0) is 30.1. The number of H-pyrrole nitrogens is 1. The molecule has 9 N–H and O–H groups in total. The third-order valence-corrected chi connectivity index (χ3v) is 7.05. The van der Waals surface area contributed by atoms with Crippen LogP contribution in [0.2, 0.25) is 0 Å². The number of phenolic OH excluding ortho intramolecular Hbond substituents is 1. The molecule has 3 aromatic rings. The second kappa shape index (κ2) is 14.3. The molecule has 3 rings (SSSR count). The van der Waals surface area contributed by atoms with E-state index in [4.69, 9.17) is 5.73 Å². The van der Waals surface area contributed by atoms with Crippen molar-refractivity contribution in [2.75, 3.05) is 6.61 Å². The van der Waals surface area contributed by atoms with Crippen LogP contribution in [0.1, 0.15) is 31.4 Å². The van der Waals surface area contributed by atoms with Gasteiger partial charge in [-0.25, -0.2) is 4.79 Å². The minimum absolute atomic E-state index is 0.0219. The summed E-state index contributed by atoms with van der Waals surface area (Å²) in [4.78, 5) is 54.0. The van der Waals surface area contributed by atoms with Crippen molar-refractivity contribution < 1.29 is 34.5 Å². The molecule has 5 atom stereocenters. The number of carboxylic acid groups (broad SMARTS) is 1. The first kappa shape index (κ1) is 31.1. The highest BCUT2D eigenvalue weighted by molar-refractivity contribution is 5.94. The number of carboxylic acids is 1. The first-order valence-corrected chi connectivity index (χ1v) is 13.4. The lowest BCUT2D eigenvalue weighted by Crippen LogP contribution is -2.59. The van der Waals surface area contributed by atoms with Crippen molar-refractivity contribution in [3.05, 3.63) is 65.9 Å². The molecule has 12 nitrogen and oxygen atoms in total. The molecule has 2 aromatic carbocycles. The minimum atomic E-state index is -1.39. The summed E-state index contributed by atoms with van der Waals surface area (Å²) in [5.74, 6) is -3.85. The van der Waals surface area contributed by atoms with Crippen molar-refractivity contribution in [1.82, 2.24) is 20.9 Å². The zero-order valence-electron chi connectivity index (χ0n) is 23.0. The Morgan fingerprint density at radius 3 is 2.20 bits per heavy atom. The number of para-hydroxylation sites is 1. The number of fused-ring (bicyclic) bond motifs is 1. The van der Waals surface area contributed by atoms with Crippen LogP contribution in [0, 0.1) is 5.92 Å². The van der Waals surface area contributed by atoms with Crippen LogP contribution in [0.3, 0.4) is 0 Å². The number of aliphatic hydroxyl groups excluding tert-OH is 1. The highest BCUT2D eigenvalue weighted by atomic mass is 16.4. The summed E-state index contributed by atoms with van der Waals surface area (Å²) in [7, 11) is 0. The quantitative estimate of drug-likeness (QED) is 0.138. The monoisotopic (exact) mass is 567 g/mol. The van der Waals surface area contributed by atoms with Gasteiger partial charge in [-0.1, -0.05) is 50.6 Å². The molecule has 0 saturated heterocycles. The Hall–Kier alpha value is -4.42. The van der Waals surface area contributed by atoms with Crippen LogP contribution in [-0.2, 0) is 32.0 Å². The van der Waals surface area contributed by atoms with Gasteiger partial charge >= 0.3 is 5.97 Å². The maximum absolute atomic E-state index is 13.2. The molecule has 3 amide bonds. The van der Waals surface area contributed by atoms with Crippen molar-refractivity contribution in [1.29, 1.82) is 0 Å². The zero-order valence-corrected chi connectivity index (χ0v) is 23.0. The summed E-state index contributed by atoms with van der Waals surface area (Å²) in [6.45, 7) is 2.77. The van der Waals surface area contributed by atoms with E-state index in [-0.39, 0.29) is 18.6 Å². The van der Waals surface area contributed by atoms with Crippen LogP contribution in [0.25, 0.3) is 10.9 Å². The number of carbonyl (C=O) groups is 4. The second-order valence-electron chi connectivity index (χ2n) is 10.1. The number of phenols is 1. The smallest absolute Gasteiger partial charge is 0.326 e.